The maximum Gasteiger partial charge on any atom is 0.252 e. The van der Waals surface area contributed by atoms with Crippen molar-refractivity contribution in [3.05, 3.63) is 104 Å². The number of hydrogen-bond donors (Lipinski definition) is 3. The highest BCUT2D eigenvalue weighted by atomic mass is 79.9. The van der Waals surface area contributed by atoms with Crippen molar-refractivity contribution >= 4 is 33.4 Å². The van der Waals surface area contributed by atoms with Crippen molar-refractivity contribution in [2.75, 3.05) is 19.8 Å². The van der Waals surface area contributed by atoms with Gasteiger partial charge in [0, 0.05) is 46.6 Å². The number of nitrogens with zero attached hydrogens (tertiary/aromatic N) is 4. The van der Waals surface area contributed by atoms with Crippen LogP contribution in [0.1, 0.15) is 61.3 Å². The zero-order valence-electron chi connectivity index (χ0n) is 24.4. The third kappa shape index (κ3) is 7.25. The Labute approximate surface area is 264 Å². The normalized spacial score (nSPS) is 20.6. The highest BCUT2D eigenvalue weighted by Crippen LogP contribution is 2.44. The van der Waals surface area contributed by atoms with Gasteiger partial charge in [-0.1, -0.05) is 76.7 Å². The predicted octanol–water partition coefficient (Wildman–Crippen LogP) is 6.46. The second-order valence-corrected chi connectivity index (χ2v) is 12.2. The number of aliphatic imine (C=N–C) groups is 1. The van der Waals surface area contributed by atoms with Gasteiger partial charge in [-0.05, 0) is 65.9 Å². The maximum atomic E-state index is 14.5. The predicted molar refractivity (Wildman–Crippen MR) is 171 cm³/mol. The van der Waals surface area contributed by atoms with E-state index in [1.165, 1.54) is 0 Å². The second-order valence-electron chi connectivity index (χ2n) is 11.3. The molecule has 0 saturated heterocycles. The summed E-state index contributed by atoms with van der Waals surface area (Å²) in [5.41, 5.74) is 9.20. The topological polar surface area (TPSA) is 149 Å². The standard InChI is InChI=1S/C33H36BrN5O5/c34-26-13-9-23(10-14-26)29-33(21-25-7-2-3-8-28(25)38-39-35,31(41)36-22-32(42)17-4-1-5-18-32)37-30(44-29)24-11-15-27(16-12-24)43-20-6-19-40/h2-3,7-16,29,40,42H,1,4-6,17-22H2,(H,36,41)/t29-,33-/m1/s1. The van der Waals surface area contributed by atoms with Crippen molar-refractivity contribution < 1.29 is 24.5 Å². The minimum atomic E-state index is -1.49. The molecule has 5 rings (SSSR count). The number of azide groups is 1. The number of hydrogen-bond acceptors (Lipinski definition) is 7. The smallest absolute Gasteiger partial charge is 0.252 e. The molecule has 0 bridgehead atoms. The summed E-state index contributed by atoms with van der Waals surface area (Å²) in [6.45, 7) is 0.535. The number of aliphatic hydroxyl groups excluding tert-OH is 1. The summed E-state index contributed by atoms with van der Waals surface area (Å²) in [7, 11) is 0. The lowest BCUT2D eigenvalue weighted by molar-refractivity contribution is -0.130. The summed E-state index contributed by atoms with van der Waals surface area (Å²) in [5, 5.41) is 27.2. The van der Waals surface area contributed by atoms with Crippen LogP contribution in [-0.4, -0.2) is 52.9 Å². The molecule has 0 unspecified atom stereocenters. The number of amides is 1. The molecule has 0 radical (unpaired) electrons. The molecule has 11 heteroatoms. The fraction of sp³-hybridized carbons (Fsp3) is 0.394. The zero-order valence-corrected chi connectivity index (χ0v) is 25.9. The van der Waals surface area contributed by atoms with Crippen LogP contribution in [0.25, 0.3) is 10.4 Å². The maximum absolute atomic E-state index is 14.5. The summed E-state index contributed by atoms with van der Waals surface area (Å²) in [4.78, 5) is 22.5. The van der Waals surface area contributed by atoms with Gasteiger partial charge in [0.25, 0.3) is 5.91 Å². The lowest BCUT2D eigenvalue weighted by atomic mass is 9.80. The Hall–Kier alpha value is -3.89. The number of rotatable bonds is 12. The number of ether oxygens (including phenoxy) is 2. The van der Waals surface area contributed by atoms with E-state index in [0.29, 0.717) is 48.4 Å². The van der Waals surface area contributed by atoms with E-state index < -0.39 is 17.2 Å². The van der Waals surface area contributed by atoms with E-state index in [4.69, 9.17) is 19.6 Å². The Kier molecular flexibility index (Phi) is 10.2. The van der Waals surface area contributed by atoms with Gasteiger partial charge >= 0.3 is 0 Å². The Bertz CT molecular complexity index is 1520. The van der Waals surface area contributed by atoms with Crippen molar-refractivity contribution in [3.8, 4) is 5.75 Å². The summed E-state index contributed by atoms with van der Waals surface area (Å²) < 4.78 is 13.1. The van der Waals surface area contributed by atoms with Crippen LogP contribution < -0.4 is 10.1 Å². The number of aliphatic hydroxyl groups is 2. The highest BCUT2D eigenvalue weighted by Gasteiger charge is 2.54. The molecule has 1 aliphatic heterocycles. The number of carbonyl (C=O) groups is 1. The minimum Gasteiger partial charge on any atom is -0.494 e. The van der Waals surface area contributed by atoms with E-state index in [0.717, 1.165) is 29.3 Å². The Morgan fingerprint density at radius 1 is 1.09 bits per heavy atom. The Morgan fingerprint density at radius 2 is 1.82 bits per heavy atom. The number of benzene rings is 3. The third-order valence-electron chi connectivity index (χ3n) is 8.17. The van der Waals surface area contributed by atoms with Crippen LogP contribution in [-0.2, 0) is 16.0 Å². The molecule has 230 valence electrons. The average molecular weight is 663 g/mol. The minimum absolute atomic E-state index is 0.0462. The molecule has 1 saturated carbocycles. The van der Waals surface area contributed by atoms with Gasteiger partial charge in [0.15, 0.2) is 11.6 Å². The first-order valence-corrected chi connectivity index (χ1v) is 15.6. The van der Waals surface area contributed by atoms with Gasteiger partial charge in [0.1, 0.15) is 5.75 Å². The lowest BCUT2D eigenvalue weighted by Crippen LogP contribution is -2.54. The number of halogens is 1. The molecule has 0 spiro atoms. The van der Waals surface area contributed by atoms with Crippen LogP contribution in [0, 0.1) is 0 Å². The molecule has 2 aliphatic rings. The first-order chi connectivity index (χ1) is 21.4. The van der Waals surface area contributed by atoms with E-state index in [1.807, 2.05) is 48.5 Å². The molecular weight excluding hydrogens is 626 g/mol. The van der Waals surface area contributed by atoms with E-state index in [9.17, 15) is 15.4 Å². The van der Waals surface area contributed by atoms with Crippen LogP contribution in [0.15, 0.2) is 87.4 Å². The molecule has 3 aromatic rings. The molecular formula is C33H36BrN5O5. The molecule has 1 aliphatic carbocycles. The van der Waals surface area contributed by atoms with Crippen molar-refractivity contribution in [1.29, 1.82) is 0 Å². The summed E-state index contributed by atoms with van der Waals surface area (Å²) >= 11 is 3.50. The molecule has 44 heavy (non-hydrogen) atoms. The Balaban J connectivity index is 1.58. The van der Waals surface area contributed by atoms with Crippen molar-refractivity contribution in [1.82, 2.24) is 5.32 Å². The quantitative estimate of drug-likeness (QED) is 0.0881. The lowest BCUT2D eigenvalue weighted by Gasteiger charge is -2.35. The van der Waals surface area contributed by atoms with E-state index in [2.05, 4.69) is 31.3 Å². The molecule has 2 atom stereocenters. The third-order valence-corrected chi connectivity index (χ3v) is 8.70. The number of nitrogens with one attached hydrogen (secondary N) is 1. The highest BCUT2D eigenvalue weighted by molar-refractivity contribution is 9.10. The summed E-state index contributed by atoms with van der Waals surface area (Å²) in [5.74, 6) is 0.532. The number of carbonyl (C=O) groups excluding carboxylic acids is 1. The van der Waals surface area contributed by atoms with Gasteiger partial charge in [-0.2, -0.15) is 0 Å². The van der Waals surface area contributed by atoms with Gasteiger partial charge < -0.3 is 25.0 Å². The average Bonchev–Trinajstić information content (AvgIpc) is 3.42. The second kappa shape index (κ2) is 14.3. The first-order valence-electron chi connectivity index (χ1n) is 14.9. The zero-order chi connectivity index (χ0) is 31.0. The van der Waals surface area contributed by atoms with E-state index in [-0.39, 0.29) is 31.4 Å². The van der Waals surface area contributed by atoms with E-state index in [1.54, 1.807) is 24.3 Å². The molecule has 1 heterocycles. The van der Waals surface area contributed by atoms with Crippen molar-refractivity contribution in [2.45, 2.75) is 62.2 Å². The molecule has 1 amide bonds. The first kappa shape index (κ1) is 31.5. The summed E-state index contributed by atoms with van der Waals surface area (Å²) in [6, 6.07) is 21.9. The van der Waals surface area contributed by atoms with Gasteiger partial charge in [-0.3, -0.25) is 4.79 Å². The van der Waals surface area contributed by atoms with Gasteiger partial charge in [-0.25, -0.2) is 4.99 Å². The molecule has 3 N–H and O–H groups in total. The Morgan fingerprint density at radius 3 is 2.52 bits per heavy atom. The molecule has 1 fully saturated rings. The largest absolute Gasteiger partial charge is 0.494 e. The SMILES string of the molecule is [N-]=[N+]=Nc1ccccc1C[C@@]1(C(=O)NCC2(O)CCCCC2)N=C(c2ccc(OCCCO)cc2)O[C@@H]1c1ccc(Br)cc1. The van der Waals surface area contributed by atoms with Gasteiger partial charge in [0.05, 0.1) is 12.2 Å². The van der Waals surface area contributed by atoms with Crippen LogP contribution in [0.3, 0.4) is 0 Å². The van der Waals surface area contributed by atoms with Crippen LogP contribution in [0.5, 0.6) is 5.75 Å². The fourth-order valence-corrected chi connectivity index (χ4v) is 6.07. The van der Waals surface area contributed by atoms with Crippen LogP contribution in [0.4, 0.5) is 5.69 Å². The van der Waals surface area contributed by atoms with Crippen molar-refractivity contribution in [2.24, 2.45) is 10.1 Å². The molecule has 0 aromatic heterocycles. The fourth-order valence-electron chi connectivity index (χ4n) is 5.80. The summed E-state index contributed by atoms with van der Waals surface area (Å²) in [6.07, 6.45) is 3.89. The monoisotopic (exact) mass is 661 g/mol. The van der Waals surface area contributed by atoms with Gasteiger partial charge in [0.2, 0.25) is 5.90 Å². The molecule has 10 nitrogen and oxygen atoms in total. The van der Waals surface area contributed by atoms with Crippen LogP contribution in [0.2, 0.25) is 0 Å². The molecule has 3 aromatic carbocycles. The van der Waals surface area contributed by atoms with Crippen molar-refractivity contribution in [3.63, 3.8) is 0 Å². The van der Waals surface area contributed by atoms with Gasteiger partial charge in [-0.15, -0.1) is 0 Å². The van der Waals surface area contributed by atoms with E-state index >= 15 is 0 Å². The van der Waals surface area contributed by atoms with Crippen LogP contribution >= 0.6 is 15.9 Å².